The number of halogens is 1. The molecule has 22 heavy (non-hydrogen) atoms. The summed E-state index contributed by atoms with van der Waals surface area (Å²) in [6.07, 6.45) is 21.6. The van der Waals surface area contributed by atoms with E-state index in [1.807, 2.05) is 45.1 Å². The van der Waals surface area contributed by atoms with Crippen LogP contribution in [0.4, 0.5) is 4.39 Å². The molecule has 1 heteroatoms. The molecule has 0 bridgehead atoms. The van der Waals surface area contributed by atoms with Crippen LogP contribution in [0.1, 0.15) is 54.4 Å². The summed E-state index contributed by atoms with van der Waals surface area (Å²) >= 11 is 0. The van der Waals surface area contributed by atoms with Gasteiger partial charge in [0.25, 0.3) is 0 Å². The lowest BCUT2D eigenvalue weighted by molar-refractivity contribution is 0.594. The highest BCUT2D eigenvalue weighted by atomic mass is 19.1. The smallest absolute Gasteiger partial charge is 0.126 e. The summed E-state index contributed by atoms with van der Waals surface area (Å²) in [4.78, 5) is 0. The van der Waals surface area contributed by atoms with Crippen molar-refractivity contribution in [2.45, 2.75) is 54.4 Å². The molecular weight excluding hydrogens is 271 g/mol. The number of terminal acetylenes is 1. The fraction of sp³-hybridized carbons (Fsp3) is 0.429. The molecule has 0 fully saturated rings. The van der Waals surface area contributed by atoms with E-state index in [-0.39, 0.29) is 5.83 Å². The van der Waals surface area contributed by atoms with Crippen LogP contribution < -0.4 is 0 Å². The van der Waals surface area contributed by atoms with Gasteiger partial charge in [0.05, 0.1) is 0 Å². The maximum atomic E-state index is 14.0. The van der Waals surface area contributed by atoms with Crippen LogP contribution in [0.2, 0.25) is 0 Å². The third-order valence-corrected chi connectivity index (χ3v) is 2.92. The minimum absolute atomic E-state index is 0.177. The van der Waals surface area contributed by atoms with E-state index in [0.29, 0.717) is 11.5 Å². The Bertz CT molecular complexity index is 461. The van der Waals surface area contributed by atoms with Crippen molar-refractivity contribution in [2.75, 3.05) is 0 Å². The molecule has 0 rings (SSSR count). The standard InChI is InChI=1S/C19H29F.C2H2/c1-7-17(12-10-9-11-15(3)4)18(19(20)8-2)14-13-16(5)6;1-2/h7-8,10,12-15H,9,11H2,1-6H3;1-2H/b12-10-,17-7+,18-14-,19-8+;. The lowest BCUT2D eigenvalue weighted by atomic mass is 10.0. The van der Waals surface area contributed by atoms with Crippen LogP contribution in [-0.2, 0) is 0 Å². The van der Waals surface area contributed by atoms with Crippen LogP contribution in [-0.4, -0.2) is 0 Å². The molecule has 0 saturated heterocycles. The zero-order valence-electron chi connectivity index (χ0n) is 15.0. The summed E-state index contributed by atoms with van der Waals surface area (Å²) in [5.74, 6) is 0.519. The van der Waals surface area contributed by atoms with Crippen molar-refractivity contribution >= 4 is 0 Å². The molecule has 0 aromatic heterocycles. The predicted molar refractivity (Wildman–Crippen MR) is 99.2 cm³/mol. The minimum atomic E-state index is -0.177. The molecule has 0 aromatic carbocycles. The highest BCUT2D eigenvalue weighted by molar-refractivity contribution is 5.50. The fourth-order valence-electron chi connectivity index (χ4n) is 1.70. The van der Waals surface area contributed by atoms with Crippen molar-refractivity contribution in [3.63, 3.8) is 0 Å². The monoisotopic (exact) mass is 302 g/mol. The summed E-state index contributed by atoms with van der Waals surface area (Å²) in [7, 11) is 0. The Hall–Kier alpha value is -1.81. The van der Waals surface area contributed by atoms with Gasteiger partial charge >= 0.3 is 0 Å². The van der Waals surface area contributed by atoms with Gasteiger partial charge in [-0.2, -0.15) is 0 Å². The first-order valence-corrected chi connectivity index (χ1v) is 7.76. The average Bonchev–Trinajstić information content (AvgIpc) is 2.50. The van der Waals surface area contributed by atoms with E-state index < -0.39 is 0 Å². The first kappa shape index (κ1) is 22.5. The third-order valence-electron chi connectivity index (χ3n) is 2.92. The fourth-order valence-corrected chi connectivity index (χ4v) is 1.70. The van der Waals surface area contributed by atoms with E-state index in [0.717, 1.165) is 24.0 Å². The minimum Gasteiger partial charge on any atom is -0.207 e. The predicted octanol–water partition coefficient (Wildman–Crippen LogP) is 6.94. The van der Waals surface area contributed by atoms with Crippen LogP contribution in [0.25, 0.3) is 0 Å². The summed E-state index contributed by atoms with van der Waals surface area (Å²) in [6, 6.07) is 0. The maximum Gasteiger partial charge on any atom is 0.126 e. The number of hydrogen-bond acceptors (Lipinski definition) is 0. The van der Waals surface area contributed by atoms with Gasteiger partial charge in [-0.25, -0.2) is 4.39 Å². The van der Waals surface area contributed by atoms with E-state index >= 15 is 0 Å². The molecule has 122 valence electrons. The molecule has 0 aliphatic rings. The van der Waals surface area contributed by atoms with E-state index in [9.17, 15) is 4.39 Å². The molecule has 0 heterocycles. The van der Waals surface area contributed by atoms with E-state index in [1.165, 1.54) is 6.08 Å². The molecule has 0 saturated carbocycles. The largest absolute Gasteiger partial charge is 0.207 e. The lowest BCUT2D eigenvalue weighted by Gasteiger charge is -2.06. The first-order chi connectivity index (χ1) is 10.4. The molecule has 0 amide bonds. The topological polar surface area (TPSA) is 0 Å². The Balaban J connectivity index is 0. The van der Waals surface area contributed by atoms with Crippen molar-refractivity contribution in [1.82, 2.24) is 0 Å². The highest BCUT2D eigenvalue weighted by Gasteiger charge is 2.06. The first-order valence-electron chi connectivity index (χ1n) is 7.76. The van der Waals surface area contributed by atoms with Crippen molar-refractivity contribution in [1.29, 1.82) is 0 Å². The summed E-state index contributed by atoms with van der Waals surface area (Å²) in [6.45, 7) is 12.1. The van der Waals surface area contributed by atoms with Gasteiger partial charge in [0.1, 0.15) is 5.83 Å². The van der Waals surface area contributed by atoms with E-state index in [1.54, 1.807) is 6.92 Å². The van der Waals surface area contributed by atoms with Crippen LogP contribution in [0.5, 0.6) is 0 Å². The molecule has 0 unspecified atom stereocenters. The normalized spacial score (nSPS) is 13.1. The summed E-state index contributed by atoms with van der Waals surface area (Å²) in [5.41, 5.74) is 2.74. The van der Waals surface area contributed by atoms with Crippen LogP contribution in [0.15, 0.2) is 59.0 Å². The Morgan fingerprint density at radius 1 is 1.05 bits per heavy atom. The Morgan fingerprint density at radius 2 is 1.64 bits per heavy atom. The summed E-state index contributed by atoms with van der Waals surface area (Å²) < 4.78 is 14.0. The van der Waals surface area contributed by atoms with Crippen LogP contribution in [0, 0.1) is 18.8 Å². The molecule has 0 aliphatic heterocycles. The highest BCUT2D eigenvalue weighted by Crippen LogP contribution is 2.23. The quantitative estimate of drug-likeness (QED) is 0.353. The zero-order valence-corrected chi connectivity index (χ0v) is 15.0. The van der Waals surface area contributed by atoms with Crippen molar-refractivity contribution in [3.05, 3.63) is 59.0 Å². The Labute approximate surface area is 137 Å². The van der Waals surface area contributed by atoms with Gasteiger partial charge in [-0.3, -0.25) is 0 Å². The number of hydrogen-bond donors (Lipinski definition) is 0. The number of rotatable bonds is 7. The van der Waals surface area contributed by atoms with Gasteiger partial charge in [0.2, 0.25) is 0 Å². The van der Waals surface area contributed by atoms with E-state index in [4.69, 9.17) is 0 Å². The molecule has 0 nitrogen and oxygen atoms in total. The molecule has 0 radical (unpaired) electrons. The molecular formula is C21H31F. The second-order valence-corrected chi connectivity index (χ2v) is 5.58. The van der Waals surface area contributed by atoms with Crippen molar-refractivity contribution in [3.8, 4) is 12.8 Å². The maximum absolute atomic E-state index is 14.0. The molecule has 0 spiro atoms. The lowest BCUT2D eigenvalue weighted by Crippen LogP contribution is -1.89. The van der Waals surface area contributed by atoms with Gasteiger partial charge in [-0.1, -0.05) is 55.9 Å². The van der Waals surface area contributed by atoms with Gasteiger partial charge in [0.15, 0.2) is 0 Å². The van der Waals surface area contributed by atoms with Crippen LogP contribution in [0.3, 0.4) is 0 Å². The SMILES string of the molecule is C#C.C\C=C(F)/C(=C\C=C(C)C)C(/C=C\CCC(C)C)=C/C. The number of allylic oxidation sites excluding steroid dienone is 10. The van der Waals surface area contributed by atoms with Gasteiger partial charge in [0, 0.05) is 5.57 Å². The molecule has 0 N–H and O–H groups in total. The van der Waals surface area contributed by atoms with Crippen LogP contribution >= 0.6 is 0 Å². The summed E-state index contributed by atoms with van der Waals surface area (Å²) in [5, 5.41) is 0. The van der Waals surface area contributed by atoms with Gasteiger partial charge in [-0.15, -0.1) is 12.8 Å². The Kier molecular flexibility index (Phi) is 14.4. The zero-order chi connectivity index (χ0) is 17.5. The average molecular weight is 302 g/mol. The Morgan fingerprint density at radius 3 is 2.05 bits per heavy atom. The molecule has 0 aromatic rings. The van der Waals surface area contributed by atoms with Gasteiger partial charge < -0.3 is 0 Å². The van der Waals surface area contributed by atoms with Crippen molar-refractivity contribution in [2.24, 2.45) is 5.92 Å². The molecule has 0 atom stereocenters. The third kappa shape index (κ3) is 10.9. The van der Waals surface area contributed by atoms with Gasteiger partial charge in [-0.05, 0) is 52.0 Å². The second-order valence-electron chi connectivity index (χ2n) is 5.58. The van der Waals surface area contributed by atoms with Crippen molar-refractivity contribution < 1.29 is 4.39 Å². The molecule has 0 aliphatic carbocycles. The van der Waals surface area contributed by atoms with E-state index in [2.05, 4.69) is 32.8 Å². The second kappa shape index (κ2) is 14.1.